The highest BCUT2D eigenvalue weighted by Crippen LogP contribution is 2.24. The monoisotopic (exact) mass is 387 g/mol. The summed E-state index contributed by atoms with van der Waals surface area (Å²) in [6.45, 7) is 0.684. The van der Waals surface area contributed by atoms with E-state index >= 15 is 0 Å². The molecule has 0 fully saturated rings. The molecule has 0 radical (unpaired) electrons. The van der Waals surface area contributed by atoms with Crippen molar-refractivity contribution in [2.45, 2.75) is 11.3 Å². The highest BCUT2D eigenvalue weighted by Gasteiger charge is 2.12. The Morgan fingerprint density at radius 3 is 2.33 bits per heavy atom. The average Bonchev–Trinajstić information content (AvgIpc) is 2.67. The molecule has 0 spiro atoms. The summed E-state index contributed by atoms with van der Waals surface area (Å²) in [5.41, 5.74) is 1.44. The van der Waals surface area contributed by atoms with Crippen LogP contribution in [0.3, 0.4) is 0 Å². The number of ether oxygens (including phenoxy) is 1. The van der Waals surface area contributed by atoms with Gasteiger partial charge in [-0.05, 0) is 37.6 Å². The molecule has 0 aliphatic heterocycles. The van der Waals surface area contributed by atoms with Gasteiger partial charge in [-0.2, -0.15) is 0 Å². The average molecular weight is 388 g/mol. The van der Waals surface area contributed by atoms with E-state index in [0.717, 1.165) is 10.6 Å². The number of hydrogen-bond acceptors (Lipinski definition) is 5. The van der Waals surface area contributed by atoms with E-state index in [4.69, 9.17) is 4.74 Å². The van der Waals surface area contributed by atoms with Crippen LogP contribution in [-0.2, 0) is 9.59 Å². The smallest absolute Gasteiger partial charge is 0.238 e. The molecule has 6 nitrogen and oxygen atoms in total. The number of nitrogens with zero attached hydrogens (tertiary/aromatic N) is 1. The Labute approximate surface area is 164 Å². The van der Waals surface area contributed by atoms with E-state index in [1.807, 2.05) is 54.6 Å². The van der Waals surface area contributed by atoms with E-state index in [2.05, 4.69) is 10.6 Å². The fourth-order valence-electron chi connectivity index (χ4n) is 2.51. The van der Waals surface area contributed by atoms with Gasteiger partial charge in [0.1, 0.15) is 5.75 Å². The molecule has 0 saturated heterocycles. The molecular weight excluding hydrogens is 362 g/mol. The Morgan fingerprint density at radius 2 is 1.63 bits per heavy atom. The lowest BCUT2D eigenvalue weighted by atomic mass is 10.2. The topological polar surface area (TPSA) is 70.7 Å². The zero-order valence-electron chi connectivity index (χ0n) is 15.8. The number of rotatable bonds is 9. The summed E-state index contributed by atoms with van der Waals surface area (Å²) in [6, 6.07) is 14.9. The molecule has 7 heteroatoms. The Kier molecular flexibility index (Phi) is 8.16. The molecule has 144 valence electrons. The summed E-state index contributed by atoms with van der Waals surface area (Å²) < 4.78 is 5.22. The quantitative estimate of drug-likeness (QED) is 0.646. The van der Waals surface area contributed by atoms with Gasteiger partial charge in [0.25, 0.3) is 0 Å². The lowest BCUT2D eigenvalue weighted by Gasteiger charge is -2.17. The van der Waals surface area contributed by atoms with Crippen molar-refractivity contribution in [1.82, 2.24) is 4.90 Å². The number of hydrogen-bond donors (Lipinski definition) is 2. The van der Waals surface area contributed by atoms with Crippen LogP contribution in [0.25, 0.3) is 0 Å². The maximum atomic E-state index is 12.2. The molecule has 0 aliphatic rings. The summed E-state index contributed by atoms with van der Waals surface area (Å²) in [5.74, 6) is 0.384. The van der Waals surface area contributed by atoms with E-state index in [1.165, 1.54) is 0 Å². The van der Waals surface area contributed by atoms with Crippen LogP contribution in [-0.4, -0.2) is 50.2 Å². The normalized spacial score (nSPS) is 10.5. The lowest BCUT2D eigenvalue weighted by Crippen LogP contribution is -2.32. The predicted octanol–water partition coefficient (Wildman–Crippen LogP) is 3.32. The predicted molar refractivity (Wildman–Crippen MR) is 111 cm³/mol. The minimum absolute atomic E-state index is 0.107. The third-order valence-electron chi connectivity index (χ3n) is 3.90. The molecule has 0 heterocycles. The number of para-hydroxylation sites is 3. The Balaban J connectivity index is 1.79. The number of thioether (sulfide) groups is 1. The minimum atomic E-state index is -0.125. The highest BCUT2D eigenvalue weighted by atomic mass is 32.2. The summed E-state index contributed by atoms with van der Waals surface area (Å²) in [7, 11) is 3.38. The Morgan fingerprint density at radius 1 is 1.00 bits per heavy atom. The molecule has 2 N–H and O–H groups in total. The third kappa shape index (κ3) is 6.62. The van der Waals surface area contributed by atoms with Gasteiger partial charge in [-0.15, -0.1) is 11.8 Å². The van der Waals surface area contributed by atoms with Crippen LogP contribution in [0.1, 0.15) is 6.42 Å². The van der Waals surface area contributed by atoms with E-state index in [0.29, 0.717) is 18.0 Å². The number of nitrogens with one attached hydrogen (secondary N) is 2. The number of carbonyl (C=O) groups is 2. The number of carbonyl (C=O) groups excluding carboxylic acids is 2. The second kappa shape index (κ2) is 10.6. The Hall–Kier alpha value is -2.51. The highest BCUT2D eigenvalue weighted by molar-refractivity contribution is 7.98. The van der Waals surface area contributed by atoms with Crippen LogP contribution in [0.4, 0.5) is 11.4 Å². The molecule has 0 unspecified atom stereocenters. The van der Waals surface area contributed by atoms with Gasteiger partial charge in [-0.3, -0.25) is 14.5 Å². The van der Waals surface area contributed by atoms with E-state index in [1.54, 1.807) is 31.0 Å². The second-order valence-corrected chi connectivity index (χ2v) is 6.83. The fraction of sp³-hybridized carbons (Fsp3) is 0.300. The molecule has 0 aromatic heterocycles. The molecule has 0 atom stereocenters. The van der Waals surface area contributed by atoms with Crippen molar-refractivity contribution in [1.29, 1.82) is 0 Å². The molecule has 2 amide bonds. The molecule has 2 aromatic carbocycles. The van der Waals surface area contributed by atoms with Gasteiger partial charge >= 0.3 is 0 Å². The van der Waals surface area contributed by atoms with Gasteiger partial charge in [-0.25, -0.2) is 0 Å². The van der Waals surface area contributed by atoms with Crippen molar-refractivity contribution in [2.24, 2.45) is 0 Å². The number of anilines is 2. The second-order valence-electron chi connectivity index (χ2n) is 5.98. The van der Waals surface area contributed by atoms with Gasteiger partial charge in [-0.1, -0.05) is 24.3 Å². The first-order valence-corrected chi connectivity index (χ1v) is 9.80. The SMILES string of the molecule is COc1ccccc1NC(=O)CCN(C)CC(=O)Nc1ccccc1SC. The van der Waals surface area contributed by atoms with Crippen molar-refractivity contribution in [3.8, 4) is 5.75 Å². The van der Waals surface area contributed by atoms with Crippen molar-refractivity contribution in [3.05, 3.63) is 48.5 Å². The molecular formula is C20H25N3O3S. The first-order valence-electron chi connectivity index (χ1n) is 8.57. The zero-order valence-corrected chi connectivity index (χ0v) is 16.6. The van der Waals surface area contributed by atoms with Gasteiger partial charge < -0.3 is 15.4 Å². The molecule has 0 bridgehead atoms. The molecule has 0 saturated carbocycles. The summed E-state index contributed by atoms with van der Waals surface area (Å²) in [5, 5.41) is 5.75. The van der Waals surface area contributed by atoms with Crippen LogP contribution in [0.5, 0.6) is 5.75 Å². The number of benzene rings is 2. The third-order valence-corrected chi connectivity index (χ3v) is 4.69. The van der Waals surface area contributed by atoms with Crippen molar-refractivity contribution >= 4 is 35.0 Å². The Bertz CT molecular complexity index is 783. The molecule has 2 rings (SSSR count). The van der Waals surface area contributed by atoms with E-state index < -0.39 is 0 Å². The van der Waals surface area contributed by atoms with E-state index in [-0.39, 0.29) is 24.8 Å². The molecule has 2 aromatic rings. The summed E-state index contributed by atoms with van der Waals surface area (Å²) >= 11 is 1.58. The zero-order chi connectivity index (χ0) is 19.6. The van der Waals surface area contributed by atoms with Gasteiger partial charge in [0, 0.05) is 17.9 Å². The first-order chi connectivity index (χ1) is 13.0. The fourth-order valence-corrected chi connectivity index (χ4v) is 3.07. The maximum Gasteiger partial charge on any atom is 0.238 e. The van der Waals surface area contributed by atoms with Gasteiger partial charge in [0.05, 0.1) is 25.0 Å². The summed E-state index contributed by atoms with van der Waals surface area (Å²) in [4.78, 5) is 27.2. The lowest BCUT2D eigenvalue weighted by molar-refractivity contribution is -0.119. The van der Waals surface area contributed by atoms with Crippen molar-refractivity contribution < 1.29 is 14.3 Å². The van der Waals surface area contributed by atoms with Crippen molar-refractivity contribution in [2.75, 3.05) is 44.1 Å². The number of methoxy groups -OCH3 is 1. The number of likely N-dealkylation sites (N-methyl/N-ethyl adjacent to an activating group) is 1. The van der Waals surface area contributed by atoms with Crippen LogP contribution >= 0.6 is 11.8 Å². The summed E-state index contributed by atoms with van der Waals surface area (Å²) in [6.07, 6.45) is 2.25. The largest absolute Gasteiger partial charge is 0.495 e. The van der Waals surface area contributed by atoms with Gasteiger partial charge in [0.2, 0.25) is 11.8 Å². The van der Waals surface area contributed by atoms with Gasteiger partial charge in [0.15, 0.2) is 0 Å². The minimum Gasteiger partial charge on any atom is -0.495 e. The van der Waals surface area contributed by atoms with Crippen LogP contribution < -0.4 is 15.4 Å². The van der Waals surface area contributed by atoms with Crippen LogP contribution in [0.2, 0.25) is 0 Å². The standard InChI is InChI=1S/C20H25N3O3S/c1-23(14-20(25)22-16-9-5-7-11-18(16)27-3)13-12-19(24)21-15-8-4-6-10-17(15)26-2/h4-11H,12-14H2,1-3H3,(H,21,24)(H,22,25). The van der Waals surface area contributed by atoms with Crippen LogP contribution in [0, 0.1) is 0 Å². The number of amides is 2. The molecule has 0 aliphatic carbocycles. The van der Waals surface area contributed by atoms with Crippen LogP contribution in [0.15, 0.2) is 53.4 Å². The maximum absolute atomic E-state index is 12.2. The van der Waals surface area contributed by atoms with Crippen molar-refractivity contribution in [3.63, 3.8) is 0 Å². The first kappa shape index (κ1) is 20.8. The van der Waals surface area contributed by atoms with E-state index in [9.17, 15) is 9.59 Å². The molecule has 27 heavy (non-hydrogen) atoms.